The van der Waals surface area contributed by atoms with Gasteiger partial charge in [0.05, 0.1) is 0 Å². The summed E-state index contributed by atoms with van der Waals surface area (Å²) in [7, 11) is 1.86. The lowest BCUT2D eigenvalue weighted by atomic mass is 10.2. The van der Waals surface area contributed by atoms with Crippen LogP contribution in [0.5, 0.6) is 0 Å². The highest BCUT2D eigenvalue weighted by molar-refractivity contribution is 5.76. The van der Waals surface area contributed by atoms with Gasteiger partial charge in [-0.25, -0.2) is 0 Å². The van der Waals surface area contributed by atoms with Gasteiger partial charge in [-0.05, 0) is 26.1 Å². The molecule has 112 valence electrons. The van der Waals surface area contributed by atoms with Gasteiger partial charge in [0.25, 0.3) is 0 Å². The first kappa shape index (κ1) is 15.1. The van der Waals surface area contributed by atoms with Crippen molar-refractivity contribution in [3.63, 3.8) is 0 Å². The van der Waals surface area contributed by atoms with Gasteiger partial charge in [-0.2, -0.15) is 4.98 Å². The average molecular weight is 289 g/mol. The molecule has 2 rings (SSSR count). The summed E-state index contributed by atoms with van der Waals surface area (Å²) in [5.41, 5.74) is 0.653. The highest BCUT2D eigenvalue weighted by atomic mass is 16.5. The zero-order valence-electron chi connectivity index (χ0n) is 12.2. The van der Waals surface area contributed by atoms with E-state index < -0.39 is 0 Å². The zero-order chi connectivity index (χ0) is 15.1. The maximum atomic E-state index is 11.7. The molecule has 21 heavy (non-hydrogen) atoms. The number of pyridine rings is 1. The number of hydrogen-bond acceptors (Lipinski definition) is 6. The summed E-state index contributed by atoms with van der Waals surface area (Å²) < 4.78 is 5.12. The van der Waals surface area contributed by atoms with Crippen LogP contribution in [-0.4, -0.2) is 40.7 Å². The predicted molar refractivity (Wildman–Crippen MR) is 77.4 cm³/mol. The topological polar surface area (TPSA) is 92.9 Å². The number of aromatic nitrogens is 3. The second-order valence-corrected chi connectivity index (χ2v) is 4.72. The molecule has 0 aliphatic heterocycles. The van der Waals surface area contributed by atoms with E-state index in [4.69, 9.17) is 4.52 Å². The fourth-order valence-corrected chi connectivity index (χ4v) is 1.63. The molecule has 1 atom stereocenters. The monoisotopic (exact) mass is 289 g/mol. The van der Waals surface area contributed by atoms with Crippen molar-refractivity contribution < 1.29 is 9.32 Å². The highest BCUT2D eigenvalue weighted by Crippen LogP contribution is 2.12. The van der Waals surface area contributed by atoms with Crippen molar-refractivity contribution in [3.05, 3.63) is 30.3 Å². The minimum absolute atomic E-state index is 0.0327. The van der Waals surface area contributed by atoms with Crippen molar-refractivity contribution in [1.29, 1.82) is 0 Å². The number of carbonyl (C=O) groups is 1. The van der Waals surface area contributed by atoms with Gasteiger partial charge in [0.2, 0.25) is 17.6 Å². The Morgan fingerprint density at radius 3 is 3.00 bits per heavy atom. The molecule has 7 heteroatoms. The summed E-state index contributed by atoms with van der Waals surface area (Å²) in [4.78, 5) is 20.0. The third kappa shape index (κ3) is 4.64. The van der Waals surface area contributed by atoms with Crippen LogP contribution >= 0.6 is 0 Å². The molecule has 0 saturated heterocycles. The maximum absolute atomic E-state index is 11.7. The highest BCUT2D eigenvalue weighted by Gasteiger charge is 2.11. The van der Waals surface area contributed by atoms with Crippen molar-refractivity contribution in [2.45, 2.75) is 25.8 Å². The number of amides is 1. The van der Waals surface area contributed by atoms with Crippen molar-refractivity contribution in [2.75, 3.05) is 13.6 Å². The van der Waals surface area contributed by atoms with Gasteiger partial charge in [0.15, 0.2) is 0 Å². The lowest BCUT2D eigenvalue weighted by Crippen LogP contribution is -2.37. The first-order valence-corrected chi connectivity index (χ1v) is 6.87. The lowest BCUT2D eigenvalue weighted by Gasteiger charge is -2.10. The van der Waals surface area contributed by atoms with Crippen LogP contribution in [0.15, 0.2) is 28.9 Å². The van der Waals surface area contributed by atoms with Gasteiger partial charge in [-0.3, -0.25) is 9.78 Å². The van der Waals surface area contributed by atoms with Crippen LogP contribution in [0, 0.1) is 0 Å². The summed E-state index contributed by atoms with van der Waals surface area (Å²) in [6, 6.07) is 5.73. The first-order valence-electron chi connectivity index (χ1n) is 6.87. The average Bonchev–Trinajstić information content (AvgIpc) is 3.00. The Labute approximate surface area is 123 Å². The van der Waals surface area contributed by atoms with Crippen LogP contribution in [0.25, 0.3) is 11.5 Å². The molecule has 0 aliphatic rings. The van der Waals surface area contributed by atoms with E-state index in [1.165, 1.54) is 0 Å². The molecule has 0 bridgehead atoms. The minimum atomic E-state index is -0.0327. The van der Waals surface area contributed by atoms with Crippen molar-refractivity contribution in [1.82, 2.24) is 25.8 Å². The van der Waals surface area contributed by atoms with Gasteiger partial charge < -0.3 is 15.2 Å². The molecule has 0 aliphatic carbocycles. The summed E-state index contributed by atoms with van der Waals surface area (Å²) in [6.07, 6.45) is 2.40. The van der Waals surface area contributed by atoms with E-state index in [0.29, 0.717) is 36.8 Å². The Morgan fingerprint density at radius 2 is 2.29 bits per heavy atom. The Morgan fingerprint density at radius 1 is 1.43 bits per heavy atom. The summed E-state index contributed by atoms with van der Waals surface area (Å²) in [5.74, 6) is 0.844. The Bertz CT molecular complexity index is 570. The van der Waals surface area contributed by atoms with E-state index in [9.17, 15) is 4.79 Å². The first-order chi connectivity index (χ1) is 10.2. The number of likely N-dealkylation sites (N-methyl/N-ethyl adjacent to an activating group) is 1. The SMILES string of the molecule is CNC(C)CNC(=O)CCc1nc(-c2ccccn2)no1. The zero-order valence-corrected chi connectivity index (χ0v) is 12.2. The lowest BCUT2D eigenvalue weighted by molar-refractivity contribution is -0.121. The van der Waals surface area contributed by atoms with Gasteiger partial charge in [0, 0.05) is 31.6 Å². The van der Waals surface area contributed by atoms with Crippen LogP contribution in [0.1, 0.15) is 19.2 Å². The largest absolute Gasteiger partial charge is 0.355 e. The van der Waals surface area contributed by atoms with Crippen molar-refractivity contribution in [2.24, 2.45) is 0 Å². The molecule has 0 saturated carbocycles. The molecular formula is C14H19N5O2. The Balaban J connectivity index is 1.82. The smallest absolute Gasteiger partial charge is 0.227 e. The minimum Gasteiger partial charge on any atom is -0.355 e. The van der Waals surface area contributed by atoms with E-state index in [2.05, 4.69) is 25.8 Å². The summed E-state index contributed by atoms with van der Waals surface area (Å²) in [5, 5.41) is 9.75. The summed E-state index contributed by atoms with van der Waals surface area (Å²) in [6.45, 7) is 2.59. The second-order valence-electron chi connectivity index (χ2n) is 4.72. The molecule has 0 aromatic carbocycles. The molecule has 2 heterocycles. The molecule has 0 spiro atoms. The molecule has 0 radical (unpaired) electrons. The third-order valence-electron chi connectivity index (χ3n) is 3.03. The molecule has 2 N–H and O–H groups in total. The van der Waals surface area contributed by atoms with Gasteiger partial charge >= 0.3 is 0 Å². The molecule has 1 unspecified atom stereocenters. The normalized spacial score (nSPS) is 12.1. The van der Waals surface area contributed by atoms with E-state index >= 15 is 0 Å². The fourth-order valence-electron chi connectivity index (χ4n) is 1.63. The number of nitrogens with zero attached hydrogens (tertiary/aromatic N) is 3. The van der Waals surface area contributed by atoms with E-state index in [1.807, 2.05) is 26.1 Å². The van der Waals surface area contributed by atoms with Crippen LogP contribution in [0.2, 0.25) is 0 Å². The number of nitrogens with one attached hydrogen (secondary N) is 2. The quantitative estimate of drug-likeness (QED) is 0.782. The molecular weight excluding hydrogens is 270 g/mol. The van der Waals surface area contributed by atoms with E-state index in [1.54, 1.807) is 12.3 Å². The Hall–Kier alpha value is -2.28. The van der Waals surface area contributed by atoms with Gasteiger partial charge in [-0.15, -0.1) is 0 Å². The number of carbonyl (C=O) groups excluding carboxylic acids is 1. The Kier molecular flexibility index (Phi) is 5.39. The van der Waals surface area contributed by atoms with Gasteiger partial charge in [0.1, 0.15) is 5.69 Å². The predicted octanol–water partition coefficient (Wildman–Crippen LogP) is 0.788. The van der Waals surface area contributed by atoms with Crippen molar-refractivity contribution >= 4 is 5.91 Å². The van der Waals surface area contributed by atoms with Crippen LogP contribution in [-0.2, 0) is 11.2 Å². The number of hydrogen-bond donors (Lipinski definition) is 2. The van der Waals surface area contributed by atoms with E-state index in [-0.39, 0.29) is 11.9 Å². The molecule has 0 fully saturated rings. The fraction of sp³-hybridized carbons (Fsp3) is 0.429. The molecule has 1 amide bonds. The van der Waals surface area contributed by atoms with Gasteiger partial charge in [-0.1, -0.05) is 11.2 Å². The summed E-state index contributed by atoms with van der Waals surface area (Å²) >= 11 is 0. The number of rotatable bonds is 7. The van der Waals surface area contributed by atoms with Crippen molar-refractivity contribution in [3.8, 4) is 11.5 Å². The number of aryl methyl sites for hydroxylation is 1. The standard InChI is InChI=1S/C14H19N5O2/c1-10(15-2)9-17-12(20)6-7-13-18-14(19-21-13)11-5-3-4-8-16-11/h3-5,8,10,15H,6-7,9H2,1-2H3,(H,17,20). The molecule has 2 aromatic rings. The molecule has 2 aromatic heterocycles. The van der Waals surface area contributed by atoms with Crippen LogP contribution in [0.3, 0.4) is 0 Å². The molecule has 7 nitrogen and oxygen atoms in total. The third-order valence-corrected chi connectivity index (χ3v) is 3.03. The van der Waals surface area contributed by atoms with Crippen LogP contribution in [0.4, 0.5) is 0 Å². The van der Waals surface area contributed by atoms with E-state index in [0.717, 1.165) is 0 Å². The maximum Gasteiger partial charge on any atom is 0.227 e. The van der Waals surface area contributed by atoms with Crippen LogP contribution < -0.4 is 10.6 Å². The second kappa shape index (κ2) is 7.49.